The van der Waals surface area contributed by atoms with Gasteiger partial charge in [-0.05, 0) is 0 Å². The van der Waals surface area contributed by atoms with E-state index in [0.717, 1.165) is 11.6 Å². The SMILES string of the molecule is CBC1CCCC(BC)CCC1. The molecule has 1 aliphatic carbocycles. The Morgan fingerprint density at radius 2 is 1.08 bits per heavy atom. The van der Waals surface area contributed by atoms with Crippen molar-refractivity contribution in [1.29, 1.82) is 0 Å². The van der Waals surface area contributed by atoms with Gasteiger partial charge in [-0.1, -0.05) is 63.8 Å². The molecule has 0 aromatic heterocycles. The Balaban J connectivity index is 2.24. The van der Waals surface area contributed by atoms with Crippen LogP contribution in [0.3, 0.4) is 0 Å². The van der Waals surface area contributed by atoms with Crippen LogP contribution < -0.4 is 0 Å². The van der Waals surface area contributed by atoms with Crippen LogP contribution in [0.4, 0.5) is 0 Å². The number of rotatable bonds is 2. The van der Waals surface area contributed by atoms with Crippen LogP contribution in [0.15, 0.2) is 0 Å². The van der Waals surface area contributed by atoms with Crippen molar-refractivity contribution in [1.82, 2.24) is 0 Å². The average Bonchev–Trinajstić information content (AvgIpc) is 2.05. The lowest BCUT2D eigenvalue weighted by Crippen LogP contribution is -2.08. The normalized spacial score (nSPS) is 31.8. The molecule has 1 rings (SSSR count). The van der Waals surface area contributed by atoms with Gasteiger partial charge >= 0.3 is 0 Å². The van der Waals surface area contributed by atoms with Gasteiger partial charge in [0.2, 0.25) is 0 Å². The van der Waals surface area contributed by atoms with Crippen molar-refractivity contribution in [3.05, 3.63) is 0 Å². The largest absolute Gasteiger partial charge is 0.120 e. The second-order valence-corrected chi connectivity index (χ2v) is 4.41. The summed E-state index contributed by atoms with van der Waals surface area (Å²) in [6, 6.07) is 0. The molecule has 0 bridgehead atoms. The molecule has 68 valence electrons. The fourth-order valence-corrected chi connectivity index (χ4v) is 2.50. The summed E-state index contributed by atoms with van der Waals surface area (Å²) in [5.74, 6) is 2.12. The molecule has 1 saturated carbocycles. The Morgan fingerprint density at radius 3 is 1.33 bits per heavy atom. The quantitative estimate of drug-likeness (QED) is 0.550. The van der Waals surface area contributed by atoms with Crippen molar-refractivity contribution in [3.63, 3.8) is 0 Å². The minimum atomic E-state index is 1.06. The molecule has 0 nitrogen and oxygen atoms in total. The summed E-state index contributed by atoms with van der Waals surface area (Å²) in [6.07, 6.45) is 9.02. The Kier molecular flexibility index (Phi) is 4.87. The van der Waals surface area contributed by atoms with Crippen LogP contribution in [0.5, 0.6) is 0 Å². The minimum absolute atomic E-state index is 1.06. The summed E-state index contributed by atoms with van der Waals surface area (Å²) in [5, 5.41) is 0. The van der Waals surface area contributed by atoms with Crippen LogP contribution in [-0.4, -0.2) is 14.6 Å². The molecule has 0 aromatic rings. The molecule has 0 unspecified atom stereocenters. The summed E-state index contributed by atoms with van der Waals surface area (Å²) in [7, 11) is 2.83. The molecule has 0 atom stereocenters. The van der Waals surface area contributed by atoms with Gasteiger partial charge in [-0.25, -0.2) is 0 Å². The number of hydrogen-bond donors (Lipinski definition) is 0. The first kappa shape index (κ1) is 10.2. The molecular formula is C10H22B2. The summed E-state index contributed by atoms with van der Waals surface area (Å²) in [4.78, 5) is 0. The van der Waals surface area contributed by atoms with Gasteiger partial charge in [-0.2, -0.15) is 0 Å². The lowest BCUT2D eigenvalue weighted by atomic mass is 9.57. The van der Waals surface area contributed by atoms with E-state index in [2.05, 4.69) is 13.6 Å². The van der Waals surface area contributed by atoms with Crippen molar-refractivity contribution >= 4 is 14.6 Å². The van der Waals surface area contributed by atoms with Crippen LogP contribution in [0.25, 0.3) is 0 Å². The van der Waals surface area contributed by atoms with Gasteiger partial charge in [0, 0.05) is 0 Å². The number of hydrogen-bond acceptors (Lipinski definition) is 0. The molecule has 0 radical (unpaired) electrons. The fourth-order valence-electron chi connectivity index (χ4n) is 2.50. The van der Waals surface area contributed by atoms with E-state index in [0.29, 0.717) is 0 Å². The molecule has 0 aliphatic heterocycles. The first-order valence-corrected chi connectivity index (χ1v) is 5.86. The first-order valence-electron chi connectivity index (χ1n) is 5.86. The van der Waals surface area contributed by atoms with Crippen LogP contribution >= 0.6 is 0 Å². The molecule has 0 saturated heterocycles. The topological polar surface area (TPSA) is 0 Å². The van der Waals surface area contributed by atoms with Crippen molar-refractivity contribution < 1.29 is 0 Å². The second kappa shape index (κ2) is 5.72. The lowest BCUT2D eigenvalue weighted by molar-refractivity contribution is 0.499. The molecule has 0 heterocycles. The molecule has 0 N–H and O–H groups in total. The van der Waals surface area contributed by atoms with E-state index in [9.17, 15) is 0 Å². The molecular weight excluding hydrogens is 142 g/mol. The summed E-state index contributed by atoms with van der Waals surface area (Å²) >= 11 is 0. The zero-order valence-corrected chi connectivity index (χ0v) is 8.81. The average molecular weight is 164 g/mol. The van der Waals surface area contributed by atoms with Gasteiger partial charge in [-0.15, -0.1) is 0 Å². The maximum Gasteiger partial charge on any atom is 0.120 e. The van der Waals surface area contributed by atoms with Crippen LogP contribution in [-0.2, 0) is 0 Å². The fraction of sp³-hybridized carbons (Fsp3) is 1.00. The van der Waals surface area contributed by atoms with Gasteiger partial charge in [0.1, 0.15) is 14.6 Å². The van der Waals surface area contributed by atoms with Crippen molar-refractivity contribution in [2.45, 2.75) is 63.8 Å². The molecule has 0 amide bonds. The zero-order chi connectivity index (χ0) is 8.81. The van der Waals surface area contributed by atoms with E-state index in [1.54, 1.807) is 0 Å². The van der Waals surface area contributed by atoms with Gasteiger partial charge in [0.15, 0.2) is 0 Å². The molecule has 1 fully saturated rings. The minimum Gasteiger partial charge on any atom is -0.0891 e. The monoisotopic (exact) mass is 164 g/mol. The molecule has 1 aliphatic rings. The Bertz CT molecular complexity index is 92.4. The summed E-state index contributed by atoms with van der Waals surface area (Å²) < 4.78 is 0. The summed E-state index contributed by atoms with van der Waals surface area (Å²) in [6.45, 7) is 4.70. The molecule has 2 heteroatoms. The van der Waals surface area contributed by atoms with E-state index in [1.165, 1.54) is 53.1 Å². The third-order valence-electron chi connectivity index (χ3n) is 3.60. The Hall–Kier alpha value is 0.130. The highest BCUT2D eigenvalue weighted by Gasteiger charge is 2.14. The van der Waals surface area contributed by atoms with E-state index < -0.39 is 0 Å². The smallest absolute Gasteiger partial charge is 0.0891 e. The molecule has 0 spiro atoms. The molecule has 0 aromatic carbocycles. The van der Waals surface area contributed by atoms with Gasteiger partial charge in [0.05, 0.1) is 0 Å². The Morgan fingerprint density at radius 1 is 0.750 bits per heavy atom. The van der Waals surface area contributed by atoms with E-state index in [-0.39, 0.29) is 0 Å². The van der Waals surface area contributed by atoms with Gasteiger partial charge in [0.25, 0.3) is 0 Å². The van der Waals surface area contributed by atoms with Crippen LogP contribution in [0.1, 0.15) is 38.5 Å². The van der Waals surface area contributed by atoms with E-state index >= 15 is 0 Å². The third kappa shape index (κ3) is 3.25. The highest BCUT2D eigenvalue weighted by molar-refractivity contribution is 6.36. The second-order valence-electron chi connectivity index (χ2n) is 4.41. The van der Waals surface area contributed by atoms with Crippen LogP contribution in [0.2, 0.25) is 25.3 Å². The van der Waals surface area contributed by atoms with Crippen molar-refractivity contribution in [2.24, 2.45) is 0 Å². The highest BCUT2D eigenvalue weighted by Crippen LogP contribution is 2.31. The van der Waals surface area contributed by atoms with Gasteiger partial charge < -0.3 is 0 Å². The zero-order valence-electron chi connectivity index (χ0n) is 8.81. The molecule has 12 heavy (non-hydrogen) atoms. The van der Waals surface area contributed by atoms with E-state index in [1.807, 2.05) is 0 Å². The predicted molar refractivity (Wildman–Crippen MR) is 61.2 cm³/mol. The lowest BCUT2D eigenvalue weighted by Gasteiger charge is -2.22. The Labute approximate surface area is 79.0 Å². The van der Waals surface area contributed by atoms with Gasteiger partial charge in [-0.3, -0.25) is 0 Å². The first-order chi connectivity index (χ1) is 5.86. The van der Waals surface area contributed by atoms with Crippen LogP contribution in [0, 0.1) is 0 Å². The predicted octanol–water partition coefficient (Wildman–Crippen LogP) is 2.89. The maximum absolute atomic E-state index is 2.35. The van der Waals surface area contributed by atoms with Crippen molar-refractivity contribution in [3.8, 4) is 0 Å². The third-order valence-corrected chi connectivity index (χ3v) is 3.60. The standard InChI is InChI=1S/C10H22B2/c1-11-9-5-3-7-10(12-2)8-4-6-9/h9-12H,3-8H2,1-2H3. The highest BCUT2D eigenvalue weighted by atomic mass is 14.1. The summed E-state index contributed by atoms with van der Waals surface area (Å²) in [5.41, 5.74) is 0. The van der Waals surface area contributed by atoms with E-state index in [4.69, 9.17) is 0 Å². The van der Waals surface area contributed by atoms with Crippen molar-refractivity contribution in [2.75, 3.05) is 0 Å². The maximum atomic E-state index is 2.35.